The van der Waals surface area contributed by atoms with Gasteiger partial charge < -0.3 is 5.73 Å². The van der Waals surface area contributed by atoms with Gasteiger partial charge in [-0.1, -0.05) is 0 Å². The highest BCUT2D eigenvalue weighted by Gasteiger charge is 2.19. The molecule has 0 atom stereocenters. The summed E-state index contributed by atoms with van der Waals surface area (Å²) in [5.41, 5.74) is 3.64. The second-order valence-corrected chi connectivity index (χ2v) is 3.12. The molecule has 14 heavy (non-hydrogen) atoms. The van der Waals surface area contributed by atoms with Crippen molar-refractivity contribution in [1.29, 1.82) is 0 Å². The van der Waals surface area contributed by atoms with Crippen LogP contribution in [0.4, 0.5) is 13.2 Å². The molecule has 1 aromatic heterocycles. The van der Waals surface area contributed by atoms with Crippen LogP contribution < -0.4 is 5.73 Å². The Balaban J connectivity index is 3.34. The van der Waals surface area contributed by atoms with E-state index in [1.807, 2.05) is 0 Å². The van der Waals surface area contributed by atoms with Gasteiger partial charge in [0, 0.05) is 0 Å². The summed E-state index contributed by atoms with van der Waals surface area (Å²) in [7, 11) is 0. The second kappa shape index (κ2) is 3.95. The molecule has 0 spiro atoms. The topological polar surface area (TPSA) is 56.0 Å². The zero-order valence-corrected chi connectivity index (χ0v) is 8.19. The van der Waals surface area contributed by atoms with Crippen LogP contribution in [0.15, 0.2) is 10.7 Å². The van der Waals surface area contributed by atoms with Crippen molar-refractivity contribution in [2.45, 2.75) is 6.43 Å². The summed E-state index contributed by atoms with van der Waals surface area (Å²) in [5, 5.41) is 0. The van der Waals surface area contributed by atoms with Crippen LogP contribution in [0.3, 0.4) is 0 Å². The number of rotatable bonds is 2. The third-order valence-corrected chi connectivity index (χ3v) is 2.06. The lowest BCUT2D eigenvalue weighted by atomic mass is 10.2. The number of hydrogen-bond acceptors (Lipinski definition) is 2. The van der Waals surface area contributed by atoms with E-state index < -0.39 is 23.8 Å². The summed E-state index contributed by atoms with van der Waals surface area (Å²) in [6.45, 7) is 0. The normalized spacial score (nSPS) is 10.6. The van der Waals surface area contributed by atoms with E-state index in [1.165, 1.54) is 0 Å². The molecule has 0 aliphatic rings. The number of amides is 1. The van der Waals surface area contributed by atoms with E-state index in [2.05, 4.69) is 20.9 Å². The van der Waals surface area contributed by atoms with Crippen molar-refractivity contribution in [3.8, 4) is 0 Å². The molecule has 1 heterocycles. The summed E-state index contributed by atoms with van der Waals surface area (Å²) in [5.74, 6) is -2.27. The lowest BCUT2D eigenvalue weighted by Crippen LogP contribution is -2.14. The van der Waals surface area contributed by atoms with E-state index in [1.54, 1.807) is 0 Å². The first-order chi connectivity index (χ1) is 6.43. The van der Waals surface area contributed by atoms with Gasteiger partial charge >= 0.3 is 0 Å². The Bertz CT molecular complexity index is 383. The Kier molecular flexibility index (Phi) is 3.10. The first-order valence-corrected chi connectivity index (χ1v) is 4.16. The fourth-order valence-electron chi connectivity index (χ4n) is 0.811. The molecule has 7 heteroatoms. The predicted octanol–water partition coefficient (Wildman–Crippen LogP) is 2.02. The largest absolute Gasteiger partial charge is 0.366 e. The Hall–Kier alpha value is -1.11. The van der Waals surface area contributed by atoms with E-state index >= 15 is 0 Å². The van der Waals surface area contributed by atoms with Gasteiger partial charge in [0.2, 0.25) is 5.95 Å². The lowest BCUT2D eigenvalue weighted by molar-refractivity contribution is 0.0998. The molecule has 0 fully saturated rings. The average Bonchev–Trinajstić information content (AvgIpc) is 2.02. The van der Waals surface area contributed by atoms with Crippen molar-refractivity contribution in [3.63, 3.8) is 0 Å². The Labute approximate surface area is 85.2 Å². The van der Waals surface area contributed by atoms with Crippen LogP contribution in [0.2, 0.25) is 0 Å². The highest BCUT2D eigenvalue weighted by molar-refractivity contribution is 9.10. The number of carbonyl (C=O) groups excluding carboxylic acids is 1. The maximum atomic E-state index is 12.8. The summed E-state index contributed by atoms with van der Waals surface area (Å²) in [6, 6.07) is 0.680. The molecule has 1 aromatic rings. The molecule has 0 radical (unpaired) electrons. The fraction of sp³-hybridized carbons (Fsp3) is 0.143. The van der Waals surface area contributed by atoms with Crippen molar-refractivity contribution in [2.24, 2.45) is 5.73 Å². The number of nitrogens with zero attached hydrogens (tertiary/aromatic N) is 1. The number of hydrogen-bond donors (Lipinski definition) is 1. The van der Waals surface area contributed by atoms with Gasteiger partial charge in [-0.2, -0.15) is 4.39 Å². The first kappa shape index (κ1) is 11.0. The minimum atomic E-state index is -3.03. The highest BCUT2D eigenvalue weighted by atomic mass is 79.9. The number of primary amides is 1. The molecule has 1 amide bonds. The maximum absolute atomic E-state index is 12.8. The third-order valence-electron chi connectivity index (χ3n) is 1.46. The van der Waals surface area contributed by atoms with Crippen LogP contribution in [-0.4, -0.2) is 10.9 Å². The maximum Gasteiger partial charge on any atom is 0.268 e. The van der Waals surface area contributed by atoms with Gasteiger partial charge in [0.05, 0.1) is 11.1 Å². The van der Waals surface area contributed by atoms with Gasteiger partial charge in [0.15, 0.2) is 0 Å². The molecule has 0 saturated carbocycles. The number of halogens is 4. The second-order valence-electron chi connectivity index (χ2n) is 2.37. The molecule has 0 aliphatic heterocycles. The highest BCUT2D eigenvalue weighted by Crippen LogP contribution is 2.25. The van der Waals surface area contributed by atoms with E-state index in [-0.39, 0.29) is 10.2 Å². The smallest absolute Gasteiger partial charge is 0.268 e. The van der Waals surface area contributed by atoms with E-state index in [9.17, 15) is 18.0 Å². The van der Waals surface area contributed by atoms with Gasteiger partial charge in [-0.15, -0.1) is 0 Å². The SMILES string of the molecule is NC(=O)c1cc(C(F)F)c(F)nc1Br. The molecule has 0 bridgehead atoms. The molecule has 0 aromatic carbocycles. The van der Waals surface area contributed by atoms with Gasteiger partial charge in [-0.3, -0.25) is 4.79 Å². The molecule has 3 nitrogen and oxygen atoms in total. The average molecular weight is 269 g/mol. The number of aromatic nitrogens is 1. The van der Waals surface area contributed by atoms with Crippen molar-refractivity contribution in [1.82, 2.24) is 4.98 Å². The van der Waals surface area contributed by atoms with E-state index in [0.29, 0.717) is 6.07 Å². The van der Waals surface area contributed by atoms with Crippen LogP contribution in [0.5, 0.6) is 0 Å². The van der Waals surface area contributed by atoms with Crippen molar-refractivity contribution >= 4 is 21.8 Å². The van der Waals surface area contributed by atoms with Crippen LogP contribution in [0, 0.1) is 5.95 Å². The minimum absolute atomic E-state index is 0.188. The number of alkyl halides is 2. The monoisotopic (exact) mass is 268 g/mol. The molecule has 0 aliphatic carbocycles. The number of pyridine rings is 1. The molecule has 0 saturated heterocycles. The summed E-state index contributed by atoms with van der Waals surface area (Å²) < 4.78 is 36.9. The third kappa shape index (κ3) is 2.03. The van der Waals surface area contributed by atoms with Crippen molar-refractivity contribution in [2.75, 3.05) is 0 Å². The minimum Gasteiger partial charge on any atom is -0.366 e. The van der Waals surface area contributed by atoms with Gasteiger partial charge in [-0.25, -0.2) is 13.8 Å². The molecule has 1 rings (SSSR count). The predicted molar refractivity (Wildman–Crippen MR) is 45.4 cm³/mol. The number of carbonyl (C=O) groups is 1. The van der Waals surface area contributed by atoms with Crippen LogP contribution in [-0.2, 0) is 0 Å². The summed E-state index contributed by atoms with van der Waals surface area (Å²) in [6.07, 6.45) is -3.03. The van der Waals surface area contributed by atoms with Gasteiger partial charge in [0.25, 0.3) is 12.3 Å². The molecular formula is C7H4BrF3N2O. The zero-order chi connectivity index (χ0) is 10.9. The van der Waals surface area contributed by atoms with Crippen molar-refractivity contribution < 1.29 is 18.0 Å². The molecule has 0 unspecified atom stereocenters. The van der Waals surface area contributed by atoms with Crippen LogP contribution in [0.1, 0.15) is 22.3 Å². The zero-order valence-electron chi connectivity index (χ0n) is 6.60. The molecule has 76 valence electrons. The summed E-state index contributed by atoms with van der Waals surface area (Å²) in [4.78, 5) is 13.8. The first-order valence-electron chi connectivity index (χ1n) is 3.37. The summed E-state index contributed by atoms with van der Waals surface area (Å²) >= 11 is 2.73. The van der Waals surface area contributed by atoms with Crippen molar-refractivity contribution in [3.05, 3.63) is 27.7 Å². The fourth-order valence-corrected chi connectivity index (χ4v) is 1.28. The van der Waals surface area contributed by atoms with Gasteiger partial charge in [-0.05, 0) is 22.0 Å². The quantitative estimate of drug-likeness (QED) is 0.835. The molecule has 2 N–H and O–H groups in total. The number of nitrogens with two attached hydrogens (primary N) is 1. The Morgan fingerprint density at radius 3 is 2.57 bits per heavy atom. The standard InChI is InChI=1S/C7H4BrF3N2O/c8-4-2(7(12)14)1-3(5(9)10)6(11)13-4/h1,5H,(H2,12,14). The Morgan fingerprint density at radius 2 is 2.14 bits per heavy atom. The van der Waals surface area contributed by atoms with Gasteiger partial charge in [0.1, 0.15) is 4.60 Å². The van der Waals surface area contributed by atoms with E-state index in [0.717, 1.165) is 0 Å². The Morgan fingerprint density at radius 1 is 1.57 bits per heavy atom. The lowest BCUT2D eigenvalue weighted by Gasteiger charge is -2.04. The molecular weight excluding hydrogens is 265 g/mol. The van der Waals surface area contributed by atoms with Crippen LogP contribution >= 0.6 is 15.9 Å². The van der Waals surface area contributed by atoms with E-state index in [4.69, 9.17) is 5.73 Å². The van der Waals surface area contributed by atoms with Crippen LogP contribution in [0.25, 0.3) is 0 Å².